The average Bonchev–Trinajstić information content (AvgIpc) is 3.16. The molecule has 30 heavy (non-hydrogen) atoms. The third-order valence-electron chi connectivity index (χ3n) is 5.18. The highest BCUT2D eigenvalue weighted by Crippen LogP contribution is 2.30. The summed E-state index contributed by atoms with van der Waals surface area (Å²) < 4.78 is 29.3. The van der Waals surface area contributed by atoms with Gasteiger partial charge in [-0.1, -0.05) is 18.7 Å². The monoisotopic (exact) mass is 461 g/mol. The van der Waals surface area contributed by atoms with E-state index in [1.165, 1.54) is 12.1 Å². The molecule has 6 nitrogen and oxygen atoms in total. The van der Waals surface area contributed by atoms with Crippen LogP contribution in [0.1, 0.15) is 30.1 Å². The van der Waals surface area contributed by atoms with Gasteiger partial charge < -0.3 is 5.32 Å². The standard InChI is InChI=1S/C21H23N3O3S3/c1-14-4-3-11-24(13-14)30(26,27)17-8-5-15(6-9-17)20(25)22-16-7-10-18-19(12-16)29-21(23-18)28-2/h5-10,12,14H,3-4,11,13H2,1-2H3,(H,22,25). The third-order valence-corrected chi connectivity index (χ3v) is 9.06. The number of aromatic nitrogens is 1. The van der Waals surface area contributed by atoms with Gasteiger partial charge in [0.25, 0.3) is 5.91 Å². The first kappa shape index (κ1) is 21.3. The van der Waals surface area contributed by atoms with Gasteiger partial charge in [-0.2, -0.15) is 4.31 Å². The van der Waals surface area contributed by atoms with Gasteiger partial charge in [0.2, 0.25) is 10.0 Å². The Bertz CT molecular complexity index is 1170. The minimum absolute atomic E-state index is 0.226. The second-order valence-electron chi connectivity index (χ2n) is 7.46. The molecule has 0 bridgehead atoms. The number of sulfonamides is 1. The zero-order valence-corrected chi connectivity index (χ0v) is 19.2. The minimum Gasteiger partial charge on any atom is -0.322 e. The second kappa shape index (κ2) is 8.66. The van der Waals surface area contributed by atoms with Gasteiger partial charge in [0.05, 0.1) is 15.1 Å². The van der Waals surface area contributed by atoms with Gasteiger partial charge in [-0.15, -0.1) is 11.3 Å². The van der Waals surface area contributed by atoms with Crippen LogP contribution in [0.3, 0.4) is 0 Å². The van der Waals surface area contributed by atoms with Crippen molar-refractivity contribution in [1.82, 2.24) is 9.29 Å². The molecule has 0 saturated carbocycles. The van der Waals surface area contributed by atoms with Gasteiger partial charge in [0.15, 0.2) is 4.34 Å². The maximum Gasteiger partial charge on any atom is 0.255 e. The normalized spacial score (nSPS) is 17.9. The van der Waals surface area contributed by atoms with E-state index in [1.807, 2.05) is 24.5 Å². The maximum absolute atomic E-state index is 12.9. The Morgan fingerprint density at radius 2 is 2.00 bits per heavy atom. The van der Waals surface area contributed by atoms with Crippen LogP contribution in [0.15, 0.2) is 51.7 Å². The Labute approximate surface area is 184 Å². The lowest BCUT2D eigenvalue weighted by Crippen LogP contribution is -2.39. The SMILES string of the molecule is CSc1nc2ccc(NC(=O)c3ccc(S(=O)(=O)N4CCCC(C)C4)cc3)cc2s1. The highest BCUT2D eigenvalue weighted by atomic mass is 32.2. The molecule has 1 amide bonds. The molecule has 2 heterocycles. The Morgan fingerprint density at radius 1 is 1.23 bits per heavy atom. The predicted molar refractivity (Wildman–Crippen MR) is 123 cm³/mol. The fraction of sp³-hybridized carbons (Fsp3) is 0.333. The van der Waals surface area contributed by atoms with E-state index in [4.69, 9.17) is 0 Å². The van der Waals surface area contributed by atoms with Crippen LogP contribution in [0.5, 0.6) is 0 Å². The van der Waals surface area contributed by atoms with E-state index in [2.05, 4.69) is 17.2 Å². The lowest BCUT2D eigenvalue weighted by molar-refractivity contribution is 0.102. The van der Waals surface area contributed by atoms with Crippen molar-refractivity contribution in [3.63, 3.8) is 0 Å². The van der Waals surface area contributed by atoms with Gasteiger partial charge in [-0.3, -0.25) is 4.79 Å². The van der Waals surface area contributed by atoms with Gasteiger partial charge in [-0.05, 0) is 67.5 Å². The molecule has 0 spiro atoms. The summed E-state index contributed by atoms with van der Waals surface area (Å²) in [5, 5.41) is 2.88. The van der Waals surface area contributed by atoms with E-state index in [0.717, 1.165) is 27.4 Å². The van der Waals surface area contributed by atoms with Crippen LogP contribution in [0, 0.1) is 5.92 Å². The largest absolute Gasteiger partial charge is 0.322 e. The number of thiazole rings is 1. The average molecular weight is 462 g/mol. The number of fused-ring (bicyclic) bond motifs is 1. The van der Waals surface area contributed by atoms with E-state index in [-0.39, 0.29) is 10.8 Å². The number of amides is 1. The zero-order chi connectivity index (χ0) is 21.3. The predicted octanol–water partition coefficient (Wildman–Crippen LogP) is 4.69. The van der Waals surface area contributed by atoms with Crippen LogP contribution < -0.4 is 5.32 Å². The van der Waals surface area contributed by atoms with Crippen molar-refractivity contribution in [2.45, 2.75) is 29.0 Å². The number of carbonyl (C=O) groups excluding carboxylic acids is 1. The van der Waals surface area contributed by atoms with Crippen LogP contribution >= 0.6 is 23.1 Å². The van der Waals surface area contributed by atoms with Crippen molar-refractivity contribution in [2.24, 2.45) is 5.92 Å². The van der Waals surface area contributed by atoms with Gasteiger partial charge >= 0.3 is 0 Å². The number of thioether (sulfide) groups is 1. The van der Waals surface area contributed by atoms with Crippen LogP contribution in [0.4, 0.5) is 5.69 Å². The minimum atomic E-state index is -3.53. The topological polar surface area (TPSA) is 79.4 Å². The quantitative estimate of drug-likeness (QED) is 0.558. The number of carbonyl (C=O) groups is 1. The molecule has 2 aromatic carbocycles. The molecule has 9 heteroatoms. The molecule has 4 rings (SSSR count). The number of anilines is 1. The molecule has 0 aliphatic carbocycles. The lowest BCUT2D eigenvalue weighted by atomic mass is 10.0. The summed E-state index contributed by atoms with van der Waals surface area (Å²) in [4.78, 5) is 17.3. The number of nitrogens with zero attached hydrogens (tertiary/aromatic N) is 2. The van der Waals surface area contributed by atoms with Crippen molar-refractivity contribution in [3.05, 3.63) is 48.0 Å². The van der Waals surface area contributed by atoms with Crippen LogP contribution in [0.2, 0.25) is 0 Å². The molecular formula is C21H23N3O3S3. The Hall–Kier alpha value is -1.94. The van der Waals surface area contributed by atoms with E-state index < -0.39 is 10.0 Å². The van der Waals surface area contributed by atoms with Gasteiger partial charge in [-0.25, -0.2) is 13.4 Å². The van der Waals surface area contributed by atoms with Crippen molar-refractivity contribution in [3.8, 4) is 0 Å². The smallest absolute Gasteiger partial charge is 0.255 e. The van der Waals surface area contributed by atoms with E-state index in [0.29, 0.717) is 30.3 Å². The molecule has 1 saturated heterocycles. The van der Waals surface area contributed by atoms with Gasteiger partial charge in [0.1, 0.15) is 0 Å². The Balaban J connectivity index is 1.49. The number of hydrogen-bond acceptors (Lipinski definition) is 6. The van der Waals surface area contributed by atoms with Gasteiger partial charge in [0, 0.05) is 24.3 Å². The highest BCUT2D eigenvalue weighted by Gasteiger charge is 2.28. The summed E-state index contributed by atoms with van der Waals surface area (Å²) >= 11 is 3.17. The molecule has 1 aromatic heterocycles. The van der Waals surface area contributed by atoms with Crippen molar-refractivity contribution < 1.29 is 13.2 Å². The first-order valence-corrected chi connectivity index (χ1v) is 13.2. The van der Waals surface area contributed by atoms with Crippen molar-refractivity contribution in [2.75, 3.05) is 24.7 Å². The summed E-state index contributed by atoms with van der Waals surface area (Å²) in [5.41, 5.74) is 2.00. The first-order chi connectivity index (χ1) is 14.4. The molecule has 1 N–H and O–H groups in total. The molecule has 1 fully saturated rings. The fourth-order valence-corrected chi connectivity index (χ4v) is 6.69. The second-order valence-corrected chi connectivity index (χ2v) is 11.5. The molecule has 1 atom stereocenters. The zero-order valence-electron chi connectivity index (χ0n) is 16.8. The van der Waals surface area contributed by atoms with Crippen molar-refractivity contribution >= 4 is 54.9 Å². The Morgan fingerprint density at radius 3 is 2.70 bits per heavy atom. The molecule has 1 aliphatic heterocycles. The van der Waals surface area contributed by atoms with E-state index in [9.17, 15) is 13.2 Å². The summed E-state index contributed by atoms with van der Waals surface area (Å²) in [6, 6.07) is 11.8. The van der Waals surface area contributed by atoms with E-state index in [1.54, 1.807) is 39.5 Å². The molecule has 1 aliphatic rings. The number of hydrogen-bond donors (Lipinski definition) is 1. The fourth-order valence-electron chi connectivity index (χ4n) is 3.56. The number of benzene rings is 2. The Kier molecular flexibility index (Phi) is 6.15. The van der Waals surface area contributed by atoms with Crippen LogP contribution in [-0.4, -0.2) is 43.0 Å². The molecule has 0 radical (unpaired) electrons. The molecular weight excluding hydrogens is 438 g/mol. The van der Waals surface area contributed by atoms with Crippen LogP contribution in [0.25, 0.3) is 10.2 Å². The highest BCUT2D eigenvalue weighted by molar-refractivity contribution is 8.00. The third kappa shape index (κ3) is 4.39. The number of nitrogens with one attached hydrogen (secondary N) is 1. The summed E-state index contributed by atoms with van der Waals surface area (Å²) in [6.45, 7) is 3.16. The summed E-state index contributed by atoms with van der Waals surface area (Å²) in [5.74, 6) is 0.0842. The molecule has 3 aromatic rings. The summed E-state index contributed by atoms with van der Waals surface area (Å²) in [6.07, 6.45) is 3.91. The van der Waals surface area contributed by atoms with Crippen LogP contribution in [-0.2, 0) is 10.0 Å². The lowest BCUT2D eigenvalue weighted by Gasteiger charge is -2.30. The maximum atomic E-state index is 12.9. The number of piperidine rings is 1. The molecule has 1 unspecified atom stereocenters. The number of rotatable bonds is 5. The molecule has 158 valence electrons. The van der Waals surface area contributed by atoms with Crippen molar-refractivity contribution in [1.29, 1.82) is 0 Å². The summed E-state index contributed by atoms with van der Waals surface area (Å²) in [7, 11) is -3.53. The van der Waals surface area contributed by atoms with E-state index >= 15 is 0 Å². The first-order valence-electron chi connectivity index (χ1n) is 9.73.